The molecule has 0 fully saturated rings. The number of alkyl halides is 1. The average molecular weight is 289 g/mol. The van der Waals surface area contributed by atoms with Crippen molar-refractivity contribution in [3.8, 4) is 0 Å². The van der Waals surface area contributed by atoms with E-state index in [1.165, 1.54) is 0 Å². The third-order valence-electron chi connectivity index (χ3n) is 2.09. The van der Waals surface area contributed by atoms with Gasteiger partial charge in [0.2, 0.25) is 0 Å². The van der Waals surface area contributed by atoms with Gasteiger partial charge in [-0.25, -0.2) is 8.42 Å². The van der Waals surface area contributed by atoms with Gasteiger partial charge < -0.3 is 0 Å². The summed E-state index contributed by atoms with van der Waals surface area (Å²) in [5.74, 6) is 0. The molecule has 0 bridgehead atoms. The van der Waals surface area contributed by atoms with Crippen LogP contribution in [0, 0.1) is 0 Å². The lowest BCUT2D eigenvalue weighted by molar-refractivity contribution is 0.605. The van der Waals surface area contributed by atoms with Crippen LogP contribution >= 0.6 is 15.9 Å². The molecule has 82 valence electrons. The zero-order valence-electron chi connectivity index (χ0n) is 8.48. The molecule has 0 heterocycles. The summed E-state index contributed by atoms with van der Waals surface area (Å²) in [5, 5.41) is 0. The van der Waals surface area contributed by atoms with Crippen molar-refractivity contribution in [1.82, 2.24) is 0 Å². The Morgan fingerprint density at radius 3 is 2.40 bits per heavy atom. The summed E-state index contributed by atoms with van der Waals surface area (Å²) in [5.41, 5.74) is 1.01. The van der Waals surface area contributed by atoms with Gasteiger partial charge in [0.25, 0.3) is 0 Å². The standard InChI is InChI=1S/C11H13BrO2S/c1-2-11(15(13,14)9-12)8-10-6-4-3-5-7-10/h2-7H,8-9H2,1H3. The second-order valence-electron chi connectivity index (χ2n) is 3.14. The fraction of sp³-hybridized carbons (Fsp3) is 0.273. The molecule has 0 saturated heterocycles. The second-order valence-corrected chi connectivity index (χ2v) is 6.49. The Balaban J connectivity index is 2.91. The van der Waals surface area contributed by atoms with Gasteiger partial charge >= 0.3 is 0 Å². The molecule has 0 aliphatic carbocycles. The Morgan fingerprint density at radius 2 is 1.93 bits per heavy atom. The summed E-state index contributed by atoms with van der Waals surface area (Å²) in [7, 11) is -3.13. The van der Waals surface area contributed by atoms with Crippen molar-refractivity contribution in [1.29, 1.82) is 0 Å². The molecular weight excluding hydrogens is 276 g/mol. The molecule has 0 N–H and O–H groups in total. The minimum Gasteiger partial charge on any atom is -0.223 e. The van der Waals surface area contributed by atoms with Crippen LogP contribution in [0.4, 0.5) is 0 Å². The third kappa shape index (κ3) is 3.47. The molecule has 0 unspecified atom stereocenters. The highest BCUT2D eigenvalue weighted by Gasteiger charge is 2.15. The van der Waals surface area contributed by atoms with Crippen molar-refractivity contribution >= 4 is 25.8 Å². The molecule has 0 radical (unpaired) electrons. The van der Waals surface area contributed by atoms with Gasteiger partial charge in [-0.2, -0.15) is 0 Å². The number of benzene rings is 1. The zero-order chi connectivity index (χ0) is 11.3. The van der Waals surface area contributed by atoms with Crippen LogP contribution in [0.3, 0.4) is 0 Å². The van der Waals surface area contributed by atoms with E-state index in [2.05, 4.69) is 15.9 Å². The van der Waals surface area contributed by atoms with E-state index in [4.69, 9.17) is 0 Å². The van der Waals surface area contributed by atoms with Crippen molar-refractivity contribution in [2.75, 3.05) is 4.66 Å². The fourth-order valence-corrected chi connectivity index (χ4v) is 3.03. The maximum Gasteiger partial charge on any atom is 0.184 e. The molecule has 1 rings (SSSR count). The quantitative estimate of drug-likeness (QED) is 0.799. The lowest BCUT2D eigenvalue weighted by Gasteiger charge is -2.06. The Hall–Kier alpha value is -0.610. The van der Waals surface area contributed by atoms with Crippen LogP contribution in [0.5, 0.6) is 0 Å². The van der Waals surface area contributed by atoms with E-state index in [0.29, 0.717) is 11.3 Å². The molecule has 0 atom stereocenters. The van der Waals surface area contributed by atoms with Gasteiger partial charge in [0.05, 0.1) is 0 Å². The first-order chi connectivity index (χ1) is 7.10. The summed E-state index contributed by atoms with van der Waals surface area (Å²) in [6.07, 6.45) is 2.12. The van der Waals surface area contributed by atoms with Crippen LogP contribution in [-0.2, 0) is 16.3 Å². The summed E-state index contributed by atoms with van der Waals surface area (Å²) in [6, 6.07) is 9.57. The number of sulfone groups is 1. The summed E-state index contributed by atoms with van der Waals surface area (Å²) >= 11 is 3.00. The van der Waals surface area contributed by atoms with Crippen LogP contribution in [0.1, 0.15) is 12.5 Å². The van der Waals surface area contributed by atoms with E-state index in [1.54, 1.807) is 13.0 Å². The molecule has 0 aromatic heterocycles. The molecule has 15 heavy (non-hydrogen) atoms. The lowest BCUT2D eigenvalue weighted by Crippen LogP contribution is -2.07. The Labute approximate surface area is 99.1 Å². The maximum atomic E-state index is 11.6. The molecule has 0 aliphatic rings. The normalized spacial score (nSPS) is 12.8. The molecule has 4 heteroatoms. The molecule has 0 aliphatic heterocycles. The molecule has 0 spiro atoms. The number of rotatable bonds is 4. The number of allylic oxidation sites excluding steroid dienone is 2. The highest BCUT2D eigenvalue weighted by molar-refractivity contribution is 9.10. The van der Waals surface area contributed by atoms with Crippen molar-refractivity contribution in [3.05, 3.63) is 46.9 Å². The van der Waals surface area contributed by atoms with Gasteiger partial charge in [-0.1, -0.05) is 52.3 Å². The molecule has 0 saturated carbocycles. The number of hydrogen-bond donors (Lipinski definition) is 0. The first-order valence-electron chi connectivity index (χ1n) is 4.58. The van der Waals surface area contributed by atoms with Crippen LogP contribution < -0.4 is 0 Å². The van der Waals surface area contributed by atoms with Crippen molar-refractivity contribution < 1.29 is 8.42 Å². The SMILES string of the molecule is CC=C(Cc1ccccc1)S(=O)(=O)CBr. The summed E-state index contributed by atoms with van der Waals surface area (Å²) in [6.45, 7) is 1.75. The summed E-state index contributed by atoms with van der Waals surface area (Å²) < 4.78 is 23.2. The molecule has 2 nitrogen and oxygen atoms in total. The van der Waals surface area contributed by atoms with Crippen molar-refractivity contribution in [2.45, 2.75) is 13.3 Å². The van der Waals surface area contributed by atoms with E-state index >= 15 is 0 Å². The minimum absolute atomic E-state index is 0.0213. The molecular formula is C11H13BrO2S. The second kappa shape index (κ2) is 5.47. The van der Waals surface area contributed by atoms with E-state index in [0.717, 1.165) is 5.56 Å². The third-order valence-corrected chi connectivity index (χ3v) is 5.36. The Kier molecular flexibility index (Phi) is 4.54. The van der Waals surface area contributed by atoms with E-state index in [9.17, 15) is 8.42 Å². The minimum atomic E-state index is -3.13. The van der Waals surface area contributed by atoms with Crippen LogP contribution in [0.2, 0.25) is 0 Å². The molecule has 0 amide bonds. The van der Waals surface area contributed by atoms with Gasteiger partial charge in [-0.3, -0.25) is 0 Å². The van der Waals surface area contributed by atoms with Crippen LogP contribution in [0.25, 0.3) is 0 Å². The maximum absolute atomic E-state index is 11.6. The molecule has 1 aromatic carbocycles. The van der Waals surface area contributed by atoms with Gasteiger partial charge in [0.1, 0.15) is 4.66 Å². The highest BCUT2D eigenvalue weighted by Crippen LogP contribution is 2.16. The van der Waals surface area contributed by atoms with Crippen molar-refractivity contribution in [3.63, 3.8) is 0 Å². The highest BCUT2D eigenvalue weighted by atomic mass is 79.9. The van der Waals surface area contributed by atoms with E-state index in [1.807, 2.05) is 30.3 Å². The zero-order valence-corrected chi connectivity index (χ0v) is 10.9. The van der Waals surface area contributed by atoms with Gasteiger partial charge in [-0.15, -0.1) is 0 Å². The fourth-order valence-electron chi connectivity index (χ4n) is 1.26. The monoisotopic (exact) mass is 288 g/mol. The van der Waals surface area contributed by atoms with Gasteiger partial charge in [0.15, 0.2) is 9.84 Å². The predicted molar refractivity (Wildman–Crippen MR) is 66.6 cm³/mol. The van der Waals surface area contributed by atoms with Crippen LogP contribution in [0.15, 0.2) is 41.3 Å². The topological polar surface area (TPSA) is 34.1 Å². The Morgan fingerprint density at radius 1 is 1.33 bits per heavy atom. The average Bonchev–Trinajstić information content (AvgIpc) is 2.27. The first-order valence-corrected chi connectivity index (χ1v) is 7.35. The van der Waals surface area contributed by atoms with Crippen LogP contribution in [-0.4, -0.2) is 13.1 Å². The van der Waals surface area contributed by atoms with Gasteiger partial charge in [0, 0.05) is 11.3 Å². The molecule has 1 aromatic rings. The number of halogens is 1. The lowest BCUT2D eigenvalue weighted by atomic mass is 10.1. The van der Waals surface area contributed by atoms with Gasteiger partial charge in [-0.05, 0) is 12.5 Å². The summed E-state index contributed by atoms with van der Waals surface area (Å²) in [4.78, 5) is 0.463. The Bertz CT molecular complexity index is 435. The smallest absolute Gasteiger partial charge is 0.184 e. The van der Waals surface area contributed by atoms with E-state index < -0.39 is 9.84 Å². The first kappa shape index (κ1) is 12.5. The largest absolute Gasteiger partial charge is 0.223 e. The van der Waals surface area contributed by atoms with E-state index in [-0.39, 0.29) is 4.66 Å². The number of hydrogen-bond acceptors (Lipinski definition) is 2. The predicted octanol–water partition coefficient (Wildman–Crippen LogP) is 2.90. The van der Waals surface area contributed by atoms with Crippen molar-refractivity contribution in [2.24, 2.45) is 0 Å².